The number of methoxy groups -OCH3 is 2. The topological polar surface area (TPSA) is 48.4 Å². The highest BCUT2D eigenvalue weighted by molar-refractivity contribution is 6.34. The monoisotopic (exact) mass is 295 g/mol. The van der Waals surface area contributed by atoms with Gasteiger partial charge in [0.05, 0.1) is 30.1 Å². The minimum absolute atomic E-state index is 0.357. The van der Waals surface area contributed by atoms with Crippen LogP contribution in [0.25, 0.3) is 0 Å². The van der Waals surface area contributed by atoms with Gasteiger partial charge in [-0.25, -0.2) is 4.79 Å². The number of hydrogen-bond acceptors (Lipinski definition) is 4. The molecule has 0 unspecified atom stereocenters. The Balaban J connectivity index is 2.15. The molecule has 0 spiro atoms. The van der Waals surface area contributed by atoms with Crippen molar-refractivity contribution in [1.82, 2.24) is 4.98 Å². The second-order valence-corrected chi connectivity index (χ2v) is 5.90. The highest BCUT2D eigenvalue weighted by atomic mass is 35.5. The first-order valence-electron chi connectivity index (χ1n) is 6.96. The van der Waals surface area contributed by atoms with Gasteiger partial charge in [0.25, 0.3) is 0 Å². The number of ether oxygens (including phenoxy) is 2. The van der Waals surface area contributed by atoms with Crippen molar-refractivity contribution < 1.29 is 14.3 Å². The van der Waals surface area contributed by atoms with Crippen molar-refractivity contribution in [1.29, 1.82) is 0 Å². The SMILES string of the molecule is COCc1c(C2CC2)nc(C2CC2)c(C(=O)OC)c1Cl. The molecule has 20 heavy (non-hydrogen) atoms. The van der Waals surface area contributed by atoms with Crippen LogP contribution >= 0.6 is 11.6 Å². The summed E-state index contributed by atoms with van der Waals surface area (Å²) < 4.78 is 10.1. The van der Waals surface area contributed by atoms with Gasteiger partial charge in [0.1, 0.15) is 5.56 Å². The van der Waals surface area contributed by atoms with E-state index in [0.717, 1.165) is 42.6 Å². The Kier molecular flexibility index (Phi) is 3.69. The van der Waals surface area contributed by atoms with Crippen LogP contribution in [0.1, 0.15) is 64.8 Å². The Labute approximate surface area is 123 Å². The van der Waals surface area contributed by atoms with Gasteiger partial charge in [-0.05, 0) is 25.7 Å². The summed E-state index contributed by atoms with van der Waals surface area (Å²) in [6, 6.07) is 0. The van der Waals surface area contributed by atoms with E-state index in [4.69, 9.17) is 26.1 Å². The molecule has 108 valence electrons. The molecular weight excluding hydrogens is 278 g/mol. The van der Waals surface area contributed by atoms with Gasteiger partial charge in [0, 0.05) is 24.5 Å². The summed E-state index contributed by atoms with van der Waals surface area (Å²) in [7, 11) is 3.00. The first-order chi connectivity index (χ1) is 9.67. The van der Waals surface area contributed by atoms with Crippen LogP contribution in [0.5, 0.6) is 0 Å². The highest BCUT2D eigenvalue weighted by Crippen LogP contribution is 2.48. The maximum Gasteiger partial charge on any atom is 0.341 e. The van der Waals surface area contributed by atoms with Gasteiger partial charge in [-0.2, -0.15) is 0 Å². The molecule has 0 saturated heterocycles. The molecule has 4 nitrogen and oxygen atoms in total. The number of halogens is 1. The quantitative estimate of drug-likeness (QED) is 0.781. The average molecular weight is 296 g/mol. The average Bonchev–Trinajstić information content (AvgIpc) is 3.29. The fourth-order valence-electron chi connectivity index (χ4n) is 2.55. The van der Waals surface area contributed by atoms with Crippen LogP contribution in [0.2, 0.25) is 5.02 Å². The smallest absolute Gasteiger partial charge is 0.341 e. The fourth-order valence-corrected chi connectivity index (χ4v) is 2.88. The normalized spacial score (nSPS) is 18.1. The number of nitrogens with zero attached hydrogens (tertiary/aromatic N) is 1. The van der Waals surface area contributed by atoms with Crippen molar-refractivity contribution >= 4 is 17.6 Å². The van der Waals surface area contributed by atoms with E-state index in [9.17, 15) is 4.79 Å². The number of aromatic nitrogens is 1. The van der Waals surface area contributed by atoms with E-state index in [1.165, 1.54) is 7.11 Å². The maximum absolute atomic E-state index is 12.1. The van der Waals surface area contributed by atoms with E-state index in [2.05, 4.69) is 0 Å². The summed E-state index contributed by atoms with van der Waals surface area (Å²) in [4.78, 5) is 16.8. The predicted octanol–water partition coefficient (Wildman–Crippen LogP) is 3.42. The third-order valence-electron chi connectivity index (χ3n) is 3.90. The van der Waals surface area contributed by atoms with Crippen molar-refractivity contribution in [3.8, 4) is 0 Å². The zero-order valence-corrected chi connectivity index (χ0v) is 12.5. The summed E-state index contributed by atoms with van der Waals surface area (Å²) in [6.45, 7) is 0.382. The van der Waals surface area contributed by atoms with Crippen LogP contribution < -0.4 is 0 Å². The van der Waals surface area contributed by atoms with Crippen LogP contribution in [0.4, 0.5) is 0 Å². The van der Waals surface area contributed by atoms with E-state index in [0.29, 0.717) is 29.0 Å². The van der Waals surface area contributed by atoms with Crippen LogP contribution in [-0.2, 0) is 16.1 Å². The standard InChI is InChI=1S/C15H18ClNO3/c1-19-7-10-12(16)11(15(18)20-2)14(9-5-6-9)17-13(10)8-3-4-8/h8-9H,3-7H2,1-2H3. The number of hydrogen-bond donors (Lipinski definition) is 0. The second-order valence-electron chi connectivity index (χ2n) is 5.52. The molecule has 0 amide bonds. The molecule has 0 radical (unpaired) electrons. The van der Waals surface area contributed by atoms with E-state index in [1.807, 2.05) is 0 Å². The van der Waals surface area contributed by atoms with Crippen molar-refractivity contribution in [2.75, 3.05) is 14.2 Å². The summed E-state index contributed by atoms with van der Waals surface area (Å²) >= 11 is 6.49. The zero-order chi connectivity index (χ0) is 14.3. The molecule has 1 heterocycles. The number of esters is 1. The Morgan fingerprint density at radius 3 is 2.30 bits per heavy atom. The van der Waals surface area contributed by atoms with Gasteiger partial charge in [0.15, 0.2) is 0 Å². The Hall–Kier alpha value is -1.13. The molecule has 2 saturated carbocycles. The molecule has 1 aromatic rings. The predicted molar refractivity (Wildman–Crippen MR) is 75.2 cm³/mol. The van der Waals surface area contributed by atoms with Crippen molar-refractivity contribution in [3.63, 3.8) is 0 Å². The van der Waals surface area contributed by atoms with Gasteiger partial charge in [-0.15, -0.1) is 0 Å². The molecular formula is C15H18ClNO3. The maximum atomic E-state index is 12.1. The molecule has 1 aromatic heterocycles. The van der Waals surface area contributed by atoms with Gasteiger partial charge in [0.2, 0.25) is 0 Å². The molecule has 2 aliphatic carbocycles. The summed E-state index contributed by atoms with van der Waals surface area (Å²) in [5.41, 5.74) is 3.13. The Morgan fingerprint density at radius 1 is 1.20 bits per heavy atom. The van der Waals surface area contributed by atoms with Gasteiger partial charge in [-0.1, -0.05) is 11.6 Å². The third kappa shape index (κ3) is 2.42. The molecule has 0 N–H and O–H groups in total. The third-order valence-corrected chi connectivity index (χ3v) is 4.31. The van der Waals surface area contributed by atoms with E-state index in [1.54, 1.807) is 7.11 Å². The number of pyridine rings is 1. The molecule has 0 aromatic carbocycles. The lowest BCUT2D eigenvalue weighted by Crippen LogP contribution is -2.13. The lowest BCUT2D eigenvalue weighted by atomic mass is 10.0. The number of carbonyl (C=O) groups is 1. The minimum atomic E-state index is -0.399. The van der Waals surface area contributed by atoms with E-state index in [-0.39, 0.29) is 0 Å². The van der Waals surface area contributed by atoms with Gasteiger partial charge >= 0.3 is 5.97 Å². The number of carbonyl (C=O) groups excluding carboxylic acids is 1. The fraction of sp³-hybridized carbons (Fsp3) is 0.600. The zero-order valence-electron chi connectivity index (χ0n) is 11.7. The molecule has 2 fully saturated rings. The lowest BCUT2D eigenvalue weighted by Gasteiger charge is -2.16. The summed E-state index contributed by atoms with van der Waals surface area (Å²) in [5, 5.41) is 0.470. The second kappa shape index (κ2) is 5.34. The molecule has 0 aliphatic heterocycles. The Morgan fingerprint density at radius 2 is 1.80 bits per heavy atom. The minimum Gasteiger partial charge on any atom is -0.465 e. The molecule has 0 bridgehead atoms. The van der Waals surface area contributed by atoms with Crippen LogP contribution in [0.15, 0.2) is 0 Å². The Bertz CT molecular complexity index is 551. The molecule has 5 heteroatoms. The molecule has 3 rings (SSSR count). The number of rotatable bonds is 5. The van der Waals surface area contributed by atoms with Crippen LogP contribution in [0, 0.1) is 0 Å². The summed E-state index contributed by atoms with van der Waals surface area (Å²) in [5.74, 6) is 0.432. The van der Waals surface area contributed by atoms with E-state index < -0.39 is 5.97 Å². The van der Waals surface area contributed by atoms with Gasteiger partial charge < -0.3 is 9.47 Å². The largest absolute Gasteiger partial charge is 0.465 e. The van der Waals surface area contributed by atoms with Crippen LogP contribution in [0.3, 0.4) is 0 Å². The highest BCUT2D eigenvalue weighted by Gasteiger charge is 2.37. The first-order valence-corrected chi connectivity index (χ1v) is 7.34. The molecule has 0 atom stereocenters. The first kappa shape index (κ1) is 13.8. The van der Waals surface area contributed by atoms with Gasteiger partial charge in [-0.3, -0.25) is 4.98 Å². The van der Waals surface area contributed by atoms with Crippen molar-refractivity contribution in [2.24, 2.45) is 0 Å². The lowest BCUT2D eigenvalue weighted by molar-refractivity contribution is 0.0598. The summed E-state index contributed by atoms with van der Waals surface area (Å²) in [6.07, 6.45) is 4.42. The van der Waals surface area contributed by atoms with E-state index >= 15 is 0 Å². The molecule has 2 aliphatic rings. The van der Waals surface area contributed by atoms with Crippen molar-refractivity contribution in [3.05, 3.63) is 27.5 Å². The van der Waals surface area contributed by atoms with Crippen molar-refractivity contribution in [2.45, 2.75) is 44.1 Å². The van der Waals surface area contributed by atoms with Crippen LogP contribution in [-0.4, -0.2) is 25.2 Å².